The smallest absolute Gasteiger partial charge is 0.273 e. The molecule has 0 bridgehead atoms. The number of halogens is 1. The average molecular weight is 486 g/mol. The van der Waals surface area contributed by atoms with Crippen LogP contribution in [0.5, 0.6) is 11.5 Å². The quantitative estimate of drug-likeness (QED) is 0.359. The van der Waals surface area contributed by atoms with Crippen LogP contribution >= 0.6 is 11.6 Å². The van der Waals surface area contributed by atoms with E-state index in [4.69, 9.17) is 21.1 Å². The van der Waals surface area contributed by atoms with Crippen LogP contribution in [0.1, 0.15) is 58.5 Å². The van der Waals surface area contributed by atoms with Crippen molar-refractivity contribution in [2.75, 3.05) is 6.79 Å². The predicted octanol–water partition coefficient (Wildman–Crippen LogP) is 6.33. The maximum absolute atomic E-state index is 13.7. The molecule has 35 heavy (non-hydrogen) atoms. The summed E-state index contributed by atoms with van der Waals surface area (Å²) < 4.78 is 11.0. The van der Waals surface area contributed by atoms with Gasteiger partial charge < -0.3 is 14.4 Å². The van der Waals surface area contributed by atoms with Gasteiger partial charge in [0, 0.05) is 22.7 Å². The number of carbonyl (C=O) groups excluding carboxylic acids is 1. The summed E-state index contributed by atoms with van der Waals surface area (Å²) in [6.45, 7) is 4.99. The van der Waals surface area contributed by atoms with E-state index in [0.29, 0.717) is 28.9 Å². The summed E-state index contributed by atoms with van der Waals surface area (Å²) in [4.78, 5) is 15.6. The lowest BCUT2D eigenvalue weighted by atomic mass is 9.93. The first-order valence-electron chi connectivity index (χ1n) is 11.6. The predicted molar refractivity (Wildman–Crippen MR) is 134 cm³/mol. The zero-order chi connectivity index (χ0) is 24.1. The molecule has 1 aromatic heterocycles. The van der Waals surface area contributed by atoms with Crippen molar-refractivity contribution in [2.24, 2.45) is 0 Å². The second kappa shape index (κ2) is 8.47. The lowest BCUT2D eigenvalue weighted by Gasteiger charge is -2.27. The number of rotatable bonds is 5. The number of carbonyl (C=O) groups is 1. The van der Waals surface area contributed by atoms with Crippen LogP contribution in [0.4, 0.5) is 0 Å². The molecule has 7 heteroatoms. The lowest BCUT2D eigenvalue weighted by Crippen LogP contribution is -2.29. The maximum Gasteiger partial charge on any atom is 0.273 e. The van der Waals surface area contributed by atoms with Gasteiger partial charge in [-0.3, -0.25) is 9.89 Å². The third-order valence-electron chi connectivity index (χ3n) is 6.69. The van der Waals surface area contributed by atoms with E-state index in [9.17, 15) is 4.79 Å². The fourth-order valence-electron chi connectivity index (χ4n) is 4.83. The van der Waals surface area contributed by atoms with Crippen LogP contribution in [0, 0.1) is 0 Å². The summed E-state index contributed by atoms with van der Waals surface area (Å²) in [7, 11) is 0. The molecule has 1 N–H and O–H groups in total. The zero-order valence-electron chi connectivity index (χ0n) is 19.4. The summed E-state index contributed by atoms with van der Waals surface area (Å²) in [5, 5.41) is 8.22. The summed E-state index contributed by atoms with van der Waals surface area (Å²) in [5.41, 5.74) is 6.34. The minimum absolute atomic E-state index is 0.0803. The Morgan fingerprint density at radius 2 is 1.77 bits per heavy atom. The number of H-pyrrole nitrogens is 1. The van der Waals surface area contributed by atoms with E-state index in [2.05, 4.69) is 48.3 Å². The molecule has 0 saturated heterocycles. The van der Waals surface area contributed by atoms with Gasteiger partial charge in [-0.05, 0) is 46.9 Å². The van der Waals surface area contributed by atoms with Crippen LogP contribution in [0.25, 0.3) is 11.3 Å². The first-order valence-corrected chi connectivity index (χ1v) is 12.0. The van der Waals surface area contributed by atoms with Gasteiger partial charge >= 0.3 is 0 Å². The van der Waals surface area contributed by atoms with E-state index in [1.807, 2.05) is 47.4 Å². The normalized spacial score (nSPS) is 16.3. The fourth-order valence-corrected chi connectivity index (χ4v) is 4.96. The first kappa shape index (κ1) is 21.7. The Kier molecular flexibility index (Phi) is 5.26. The number of fused-ring (bicyclic) bond motifs is 2. The number of nitrogens with one attached hydrogen (secondary N) is 1. The van der Waals surface area contributed by atoms with Crippen molar-refractivity contribution >= 4 is 17.5 Å². The molecular weight excluding hydrogens is 462 g/mol. The molecule has 3 aromatic carbocycles. The van der Waals surface area contributed by atoms with E-state index < -0.39 is 0 Å². The van der Waals surface area contributed by atoms with Gasteiger partial charge in [-0.25, -0.2) is 0 Å². The largest absolute Gasteiger partial charge is 0.454 e. The third-order valence-corrected chi connectivity index (χ3v) is 6.94. The molecule has 0 saturated carbocycles. The fraction of sp³-hybridized carbons (Fsp3) is 0.214. The standard InChI is InChI=1S/C28H24ClN3O3/c1-16(2)18-4-6-20(7-5-18)27-24-25(19-8-10-21(29)11-9-19)30-31-26(24)28(33)32(27)14-17-3-12-22-23(13-17)35-15-34-22/h3-13,16,27H,14-15H2,1-2H3,(H,30,31). The molecule has 1 atom stereocenters. The van der Waals surface area contributed by atoms with Crippen molar-refractivity contribution in [3.05, 3.63) is 99.7 Å². The van der Waals surface area contributed by atoms with E-state index in [-0.39, 0.29) is 18.7 Å². The van der Waals surface area contributed by atoms with Gasteiger partial charge in [-0.1, -0.05) is 67.9 Å². The van der Waals surface area contributed by atoms with Crippen molar-refractivity contribution in [3.8, 4) is 22.8 Å². The number of hydrogen-bond acceptors (Lipinski definition) is 4. The van der Waals surface area contributed by atoms with Gasteiger partial charge in [-0.15, -0.1) is 0 Å². The number of hydrogen-bond donors (Lipinski definition) is 1. The summed E-state index contributed by atoms with van der Waals surface area (Å²) in [6.07, 6.45) is 0. The Balaban J connectivity index is 1.44. The Labute approximate surface area is 208 Å². The highest BCUT2D eigenvalue weighted by Gasteiger charge is 2.42. The third kappa shape index (κ3) is 3.74. The highest BCUT2D eigenvalue weighted by molar-refractivity contribution is 6.30. The monoisotopic (exact) mass is 485 g/mol. The van der Waals surface area contributed by atoms with Crippen molar-refractivity contribution in [2.45, 2.75) is 32.4 Å². The van der Waals surface area contributed by atoms with Crippen LogP contribution in [0.15, 0.2) is 66.7 Å². The van der Waals surface area contributed by atoms with Crippen molar-refractivity contribution in [3.63, 3.8) is 0 Å². The molecule has 0 aliphatic carbocycles. The molecule has 2 aliphatic heterocycles. The Bertz CT molecular complexity index is 1410. The number of aromatic amines is 1. The van der Waals surface area contributed by atoms with Gasteiger partial charge in [0.1, 0.15) is 5.69 Å². The summed E-state index contributed by atoms with van der Waals surface area (Å²) in [5.74, 6) is 1.77. The number of aromatic nitrogens is 2. The molecule has 1 unspecified atom stereocenters. The number of amides is 1. The minimum Gasteiger partial charge on any atom is -0.454 e. The second-order valence-electron chi connectivity index (χ2n) is 9.21. The minimum atomic E-state index is -0.284. The van der Waals surface area contributed by atoms with Gasteiger partial charge in [0.15, 0.2) is 11.5 Å². The van der Waals surface area contributed by atoms with Gasteiger partial charge in [0.05, 0.1) is 11.7 Å². The van der Waals surface area contributed by atoms with Crippen molar-refractivity contribution in [1.29, 1.82) is 0 Å². The van der Waals surface area contributed by atoms with E-state index in [1.165, 1.54) is 5.56 Å². The van der Waals surface area contributed by atoms with Crippen LogP contribution in [0.3, 0.4) is 0 Å². The lowest BCUT2D eigenvalue weighted by molar-refractivity contribution is 0.0730. The topological polar surface area (TPSA) is 67.5 Å². The average Bonchev–Trinajstić information content (AvgIpc) is 3.56. The molecule has 0 radical (unpaired) electrons. The SMILES string of the molecule is CC(C)c1ccc(C2c3c(-c4ccc(Cl)cc4)n[nH]c3C(=O)N2Cc2ccc3c(c2)OCO3)cc1. The second-order valence-corrected chi connectivity index (χ2v) is 9.65. The molecule has 3 heterocycles. The van der Waals surface area contributed by atoms with E-state index in [1.54, 1.807) is 0 Å². The van der Waals surface area contributed by atoms with Gasteiger partial charge in [-0.2, -0.15) is 5.10 Å². The van der Waals surface area contributed by atoms with Crippen molar-refractivity contribution < 1.29 is 14.3 Å². The molecule has 6 rings (SSSR count). The molecule has 1 amide bonds. The Morgan fingerprint density at radius 1 is 1.03 bits per heavy atom. The summed E-state index contributed by atoms with van der Waals surface area (Å²) in [6, 6.07) is 21.6. The van der Waals surface area contributed by atoms with Crippen LogP contribution in [0.2, 0.25) is 5.02 Å². The van der Waals surface area contributed by atoms with E-state index in [0.717, 1.165) is 33.7 Å². The van der Waals surface area contributed by atoms with Crippen LogP contribution in [-0.4, -0.2) is 27.8 Å². The molecule has 2 aliphatic rings. The van der Waals surface area contributed by atoms with Crippen LogP contribution in [-0.2, 0) is 6.54 Å². The highest BCUT2D eigenvalue weighted by atomic mass is 35.5. The highest BCUT2D eigenvalue weighted by Crippen LogP contribution is 2.44. The van der Waals surface area contributed by atoms with Gasteiger partial charge in [0.25, 0.3) is 5.91 Å². The molecule has 0 fully saturated rings. The Morgan fingerprint density at radius 3 is 2.51 bits per heavy atom. The number of nitrogens with zero attached hydrogens (tertiary/aromatic N) is 2. The van der Waals surface area contributed by atoms with Crippen molar-refractivity contribution in [1.82, 2.24) is 15.1 Å². The van der Waals surface area contributed by atoms with E-state index >= 15 is 0 Å². The Hall–Kier alpha value is -3.77. The first-order chi connectivity index (χ1) is 17.0. The molecule has 176 valence electrons. The molecule has 0 spiro atoms. The van der Waals surface area contributed by atoms with Gasteiger partial charge in [0.2, 0.25) is 6.79 Å². The zero-order valence-corrected chi connectivity index (χ0v) is 20.2. The molecule has 4 aromatic rings. The summed E-state index contributed by atoms with van der Waals surface area (Å²) >= 11 is 6.12. The maximum atomic E-state index is 13.7. The molecular formula is C28H24ClN3O3. The number of benzene rings is 3. The van der Waals surface area contributed by atoms with Crippen LogP contribution < -0.4 is 9.47 Å². The number of ether oxygens (including phenoxy) is 2. The molecule has 6 nitrogen and oxygen atoms in total.